The predicted molar refractivity (Wildman–Crippen MR) is 63.5 cm³/mol. The highest BCUT2D eigenvalue weighted by Crippen LogP contribution is 2.29. The molecule has 0 spiro atoms. The van der Waals surface area contributed by atoms with Crippen LogP contribution in [0.1, 0.15) is 19.8 Å². The van der Waals surface area contributed by atoms with Crippen molar-refractivity contribution in [1.82, 2.24) is 8.75 Å². The van der Waals surface area contributed by atoms with Gasteiger partial charge in [-0.05, 0) is 19.8 Å². The van der Waals surface area contributed by atoms with Gasteiger partial charge >= 0.3 is 5.97 Å². The number of methoxy groups -OCH3 is 1. The zero-order valence-electron chi connectivity index (χ0n) is 9.88. The normalized spacial score (nSPS) is 16.9. The fraction of sp³-hybridized carbons (Fsp3) is 0.700. The molecule has 17 heavy (non-hydrogen) atoms. The molecule has 1 aliphatic heterocycles. The quantitative estimate of drug-likeness (QED) is 0.752. The average molecular weight is 257 g/mol. The highest BCUT2D eigenvalue weighted by Gasteiger charge is 2.24. The van der Waals surface area contributed by atoms with Crippen LogP contribution in [0.4, 0.5) is 5.82 Å². The summed E-state index contributed by atoms with van der Waals surface area (Å²) in [6.45, 7) is 3.57. The number of ether oxygens (including phenoxy) is 2. The molecule has 0 amide bonds. The zero-order chi connectivity index (χ0) is 12.3. The number of anilines is 1. The summed E-state index contributed by atoms with van der Waals surface area (Å²) < 4.78 is 18.4. The van der Waals surface area contributed by atoms with E-state index in [9.17, 15) is 4.79 Å². The van der Waals surface area contributed by atoms with Gasteiger partial charge in [0.1, 0.15) is 0 Å². The number of aromatic nitrogens is 2. The first-order chi connectivity index (χ1) is 8.22. The Morgan fingerprint density at radius 2 is 2.12 bits per heavy atom. The summed E-state index contributed by atoms with van der Waals surface area (Å²) in [6, 6.07) is 0. The van der Waals surface area contributed by atoms with E-state index < -0.39 is 12.1 Å². The van der Waals surface area contributed by atoms with Gasteiger partial charge in [-0.25, -0.2) is 4.79 Å². The molecule has 0 aliphatic carbocycles. The van der Waals surface area contributed by atoms with Gasteiger partial charge in [-0.1, -0.05) is 0 Å². The minimum Gasteiger partial charge on any atom is -0.466 e. The van der Waals surface area contributed by atoms with Crippen molar-refractivity contribution < 1.29 is 14.3 Å². The lowest BCUT2D eigenvalue weighted by Gasteiger charge is -2.16. The van der Waals surface area contributed by atoms with Crippen molar-refractivity contribution in [2.24, 2.45) is 0 Å². The summed E-state index contributed by atoms with van der Waals surface area (Å²) in [4.78, 5) is 13.4. The zero-order valence-corrected chi connectivity index (χ0v) is 10.7. The van der Waals surface area contributed by atoms with E-state index in [2.05, 4.69) is 18.4 Å². The van der Waals surface area contributed by atoms with Crippen molar-refractivity contribution in [2.75, 3.05) is 25.1 Å². The Balaban J connectivity index is 2.05. The molecular weight excluding hydrogens is 242 g/mol. The molecule has 0 N–H and O–H groups in total. The van der Waals surface area contributed by atoms with Gasteiger partial charge in [0, 0.05) is 13.1 Å². The summed E-state index contributed by atoms with van der Waals surface area (Å²) >= 11 is 1.10. The summed E-state index contributed by atoms with van der Waals surface area (Å²) in [6.07, 6.45) is 1.65. The highest BCUT2D eigenvalue weighted by atomic mass is 32.1. The Bertz CT molecular complexity index is 390. The first-order valence-electron chi connectivity index (χ1n) is 5.54. The van der Waals surface area contributed by atoms with Gasteiger partial charge in [-0.3, -0.25) is 0 Å². The topological polar surface area (TPSA) is 64.5 Å². The average Bonchev–Trinajstić information content (AvgIpc) is 2.97. The Kier molecular flexibility index (Phi) is 3.78. The van der Waals surface area contributed by atoms with Crippen molar-refractivity contribution in [3.63, 3.8) is 0 Å². The van der Waals surface area contributed by atoms with E-state index in [1.54, 1.807) is 6.92 Å². The molecular formula is C10H15N3O3S. The Morgan fingerprint density at radius 1 is 1.41 bits per heavy atom. The van der Waals surface area contributed by atoms with Crippen LogP contribution in [0.15, 0.2) is 0 Å². The maximum Gasteiger partial charge on any atom is 0.346 e. The van der Waals surface area contributed by atoms with E-state index in [0.717, 1.165) is 43.5 Å². The maximum atomic E-state index is 11.3. The smallest absolute Gasteiger partial charge is 0.346 e. The van der Waals surface area contributed by atoms with Crippen LogP contribution in [-0.2, 0) is 9.53 Å². The van der Waals surface area contributed by atoms with E-state index in [1.165, 1.54) is 7.11 Å². The van der Waals surface area contributed by atoms with Crippen molar-refractivity contribution in [1.29, 1.82) is 0 Å². The van der Waals surface area contributed by atoms with Gasteiger partial charge in [0.2, 0.25) is 5.82 Å². The molecule has 94 valence electrons. The Morgan fingerprint density at radius 3 is 2.76 bits per heavy atom. The van der Waals surface area contributed by atoms with E-state index in [0.29, 0.717) is 5.88 Å². The van der Waals surface area contributed by atoms with Gasteiger partial charge in [-0.15, -0.1) is 4.37 Å². The predicted octanol–water partition coefficient (Wildman–Crippen LogP) is 1.08. The first-order valence-corrected chi connectivity index (χ1v) is 6.27. The molecule has 0 aromatic carbocycles. The summed E-state index contributed by atoms with van der Waals surface area (Å²) in [5.74, 6) is 0.753. The summed E-state index contributed by atoms with van der Waals surface area (Å²) in [5, 5.41) is 0. The van der Waals surface area contributed by atoms with E-state index in [4.69, 9.17) is 4.74 Å². The number of rotatable bonds is 4. The third-order valence-corrected chi connectivity index (χ3v) is 3.17. The fourth-order valence-electron chi connectivity index (χ4n) is 1.75. The third-order valence-electron chi connectivity index (χ3n) is 2.67. The lowest BCUT2D eigenvalue weighted by Crippen LogP contribution is -2.26. The lowest BCUT2D eigenvalue weighted by molar-refractivity contribution is -0.148. The third kappa shape index (κ3) is 2.66. The van der Waals surface area contributed by atoms with Crippen LogP contribution in [-0.4, -0.2) is 41.0 Å². The van der Waals surface area contributed by atoms with Crippen molar-refractivity contribution in [3.05, 3.63) is 0 Å². The van der Waals surface area contributed by atoms with Gasteiger partial charge in [0.05, 0.1) is 18.8 Å². The standard InChI is InChI=1S/C10H15N3O3S/c1-7(10(14)15-2)16-9-8(11-17-12-9)13-5-3-4-6-13/h7H,3-6H2,1-2H3. The largest absolute Gasteiger partial charge is 0.466 e. The highest BCUT2D eigenvalue weighted by molar-refractivity contribution is 6.99. The molecule has 0 bridgehead atoms. The second-order valence-electron chi connectivity index (χ2n) is 3.87. The van der Waals surface area contributed by atoms with Crippen molar-refractivity contribution in [3.8, 4) is 5.88 Å². The molecule has 1 saturated heterocycles. The second-order valence-corrected chi connectivity index (χ2v) is 4.40. The number of nitrogens with zero attached hydrogens (tertiary/aromatic N) is 3. The molecule has 0 radical (unpaired) electrons. The fourth-order valence-corrected chi connectivity index (χ4v) is 2.26. The minimum absolute atomic E-state index is 0.412. The monoisotopic (exact) mass is 257 g/mol. The van der Waals surface area contributed by atoms with E-state index in [-0.39, 0.29) is 0 Å². The molecule has 1 unspecified atom stereocenters. The number of carbonyl (C=O) groups is 1. The molecule has 6 nitrogen and oxygen atoms in total. The molecule has 1 aromatic heterocycles. The summed E-state index contributed by atoms with van der Waals surface area (Å²) in [5.41, 5.74) is 0. The molecule has 1 aliphatic rings. The van der Waals surface area contributed by atoms with Gasteiger partial charge in [-0.2, -0.15) is 4.37 Å². The number of hydrogen-bond donors (Lipinski definition) is 0. The van der Waals surface area contributed by atoms with E-state index >= 15 is 0 Å². The van der Waals surface area contributed by atoms with Gasteiger partial charge < -0.3 is 14.4 Å². The molecule has 2 rings (SSSR count). The molecule has 1 aromatic rings. The van der Waals surface area contributed by atoms with Crippen LogP contribution in [0.3, 0.4) is 0 Å². The SMILES string of the molecule is COC(=O)C(C)Oc1nsnc1N1CCCC1. The Labute approximate surface area is 104 Å². The number of carbonyl (C=O) groups excluding carboxylic acids is 1. The van der Waals surface area contributed by atoms with Crippen LogP contribution in [0.5, 0.6) is 5.88 Å². The van der Waals surface area contributed by atoms with Gasteiger partial charge in [0.15, 0.2) is 6.10 Å². The number of esters is 1. The minimum atomic E-state index is -0.662. The van der Waals surface area contributed by atoms with Crippen LogP contribution in [0.2, 0.25) is 0 Å². The molecule has 1 atom stereocenters. The van der Waals surface area contributed by atoms with Crippen LogP contribution < -0.4 is 9.64 Å². The molecule has 7 heteroatoms. The number of hydrogen-bond acceptors (Lipinski definition) is 7. The van der Waals surface area contributed by atoms with Gasteiger partial charge in [0.25, 0.3) is 5.88 Å². The molecule has 1 fully saturated rings. The van der Waals surface area contributed by atoms with Crippen molar-refractivity contribution in [2.45, 2.75) is 25.9 Å². The lowest BCUT2D eigenvalue weighted by atomic mass is 10.4. The molecule has 0 saturated carbocycles. The second kappa shape index (κ2) is 5.31. The summed E-state index contributed by atoms with van der Waals surface area (Å²) in [7, 11) is 1.34. The van der Waals surface area contributed by atoms with Crippen molar-refractivity contribution >= 4 is 23.5 Å². The molecule has 2 heterocycles. The van der Waals surface area contributed by atoms with Crippen LogP contribution >= 0.6 is 11.7 Å². The van der Waals surface area contributed by atoms with Crippen LogP contribution in [0, 0.1) is 0 Å². The van der Waals surface area contributed by atoms with Crippen LogP contribution in [0.25, 0.3) is 0 Å². The van der Waals surface area contributed by atoms with E-state index in [1.807, 2.05) is 0 Å². The first kappa shape index (κ1) is 12.1. The Hall–Kier alpha value is -1.37. The maximum absolute atomic E-state index is 11.3.